The lowest BCUT2D eigenvalue weighted by molar-refractivity contribution is 0.652. The second-order valence-corrected chi connectivity index (χ2v) is 5.25. The van der Waals surface area contributed by atoms with Crippen LogP contribution < -0.4 is 16.0 Å². The van der Waals surface area contributed by atoms with E-state index in [1.54, 1.807) is 0 Å². The highest BCUT2D eigenvalue weighted by Gasteiger charge is 1.98. The van der Waals surface area contributed by atoms with Gasteiger partial charge >= 0.3 is 0 Å². The number of aliphatic imine (C=N–C) groups is 1. The van der Waals surface area contributed by atoms with Gasteiger partial charge in [0.25, 0.3) is 0 Å². The van der Waals surface area contributed by atoms with Crippen LogP contribution in [0.15, 0.2) is 29.3 Å². The van der Waals surface area contributed by atoms with Gasteiger partial charge in [0.2, 0.25) is 0 Å². The molecule has 1 aromatic rings. The highest BCUT2D eigenvalue weighted by molar-refractivity contribution is 14.0. The van der Waals surface area contributed by atoms with Crippen molar-refractivity contribution in [1.82, 2.24) is 5.32 Å². The molecular weight excluding hydrogens is 375 g/mol. The maximum absolute atomic E-state index is 5.86. The highest BCUT2D eigenvalue weighted by atomic mass is 127. The van der Waals surface area contributed by atoms with Crippen LogP contribution in [0.1, 0.15) is 38.2 Å². The predicted molar refractivity (Wildman–Crippen MR) is 104 cm³/mol. The summed E-state index contributed by atoms with van der Waals surface area (Å²) in [6, 6.07) is 8.35. The van der Waals surface area contributed by atoms with Crippen LogP contribution in [0.25, 0.3) is 0 Å². The molecule has 21 heavy (non-hydrogen) atoms. The van der Waals surface area contributed by atoms with Crippen molar-refractivity contribution in [2.45, 2.75) is 39.2 Å². The van der Waals surface area contributed by atoms with E-state index < -0.39 is 0 Å². The third-order valence-corrected chi connectivity index (χ3v) is 3.20. The lowest BCUT2D eigenvalue weighted by Gasteiger charge is -2.13. The number of nitrogens with one attached hydrogen (secondary N) is 1. The Labute approximate surface area is 146 Å². The summed E-state index contributed by atoms with van der Waals surface area (Å²) in [6.07, 6.45) is 4.95. The second kappa shape index (κ2) is 11.7. The Morgan fingerprint density at radius 2 is 2.00 bits per heavy atom. The van der Waals surface area contributed by atoms with E-state index >= 15 is 0 Å². The average molecular weight is 404 g/mol. The number of hydrogen-bond donors (Lipinski definition) is 2. The Morgan fingerprint density at radius 3 is 2.67 bits per heavy atom. The third-order valence-electron chi connectivity index (χ3n) is 3.20. The molecule has 4 nitrogen and oxygen atoms in total. The Balaban J connectivity index is 0.00000400. The van der Waals surface area contributed by atoms with Crippen molar-refractivity contribution in [3.8, 4) is 0 Å². The summed E-state index contributed by atoms with van der Waals surface area (Å²) in [5.41, 5.74) is 8.22. The van der Waals surface area contributed by atoms with Crippen LogP contribution in [-0.2, 0) is 6.54 Å². The molecule has 5 heteroatoms. The minimum absolute atomic E-state index is 0. The molecule has 0 bridgehead atoms. The first-order valence-electron chi connectivity index (χ1n) is 7.43. The van der Waals surface area contributed by atoms with Crippen LogP contribution in [-0.4, -0.2) is 26.6 Å². The van der Waals surface area contributed by atoms with Crippen molar-refractivity contribution < 1.29 is 0 Å². The van der Waals surface area contributed by atoms with Crippen LogP contribution in [0, 0.1) is 0 Å². The van der Waals surface area contributed by atoms with Gasteiger partial charge in [-0.15, -0.1) is 24.0 Å². The van der Waals surface area contributed by atoms with Crippen molar-refractivity contribution in [3.05, 3.63) is 29.8 Å². The van der Waals surface area contributed by atoms with Gasteiger partial charge in [-0.2, -0.15) is 0 Å². The van der Waals surface area contributed by atoms with Gasteiger partial charge in [-0.3, -0.25) is 0 Å². The molecule has 1 rings (SSSR count). The normalized spacial score (nSPS) is 10.9. The van der Waals surface area contributed by atoms with Gasteiger partial charge in [-0.25, -0.2) is 4.99 Å². The molecule has 0 radical (unpaired) electrons. The van der Waals surface area contributed by atoms with E-state index in [0.29, 0.717) is 12.5 Å². The Morgan fingerprint density at radius 1 is 1.24 bits per heavy atom. The van der Waals surface area contributed by atoms with Gasteiger partial charge in [-0.1, -0.05) is 38.3 Å². The summed E-state index contributed by atoms with van der Waals surface area (Å²) >= 11 is 0. The number of anilines is 1. The Kier molecular flexibility index (Phi) is 11.1. The molecule has 0 aromatic heterocycles. The first-order chi connectivity index (χ1) is 9.63. The molecule has 0 aliphatic carbocycles. The number of rotatable bonds is 8. The molecule has 120 valence electrons. The van der Waals surface area contributed by atoms with Gasteiger partial charge in [0.15, 0.2) is 5.96 Å². The SMILES string of the molecule is CCCCCCNC(N)=NCc1cccc(N(C)C)c1.I. The molecule has 0 amide bonds. The van der Waals surface area contributed by atoms with Crippen molar-refractivity contribution in [2.75, 3.05) is 25.5 Å². The van der Waals surface area contributed by atoms with E-state index in [9.17, 15) is 0 Å². The lowest BCUT2D eigenvalue weighted by Crippen LogP contribution is -2.32. The van der Waals surface area contributed by atoms with Gasteiger partial charge in [0, 0.05) is 26.3 Å². The van der Waals surface area contributed by atoms with Crippen LogP contribution in [0.3, 0.4) is 0 Å². The van der Waals surface area contributed by atoms with E-state index in [-0.39, 0.29) is 24.0 Å². The fourth-order valence-electron chi connectivity index (χ4n) is 1.93. The zero-order valence-corrected chi connectivity index (χ0v) is 15.8. The quantitative estimate of drug-likeness (QED) is 0.302. The first-order valence-corrected chi connectivity index (χ1v) is 7.43. The maximum atomic E-state index is 5.86. The summed E-state index contributed by atoms with van der Waals surface area (Å²) in [4.78, 5) is 6.46. The number of guanidine groups is 1. The van der Waals surface area contributed by atoms with Crippen molar-refractivity contribution in [3.63, 3.8) is 0 Å². The molecule has 0 saturated carbocycles. The van der Waals surface area contributed by atoms with Crippen LogP contribution in [0.4, 0.5) is 5.69 Å². The standard InChI is InChI=1S/C16H28N4.HI/c1-4-5-6-7-11-18-16(17)19-13-14-9-8-10-15(12-14)20(2)3;/h8-10,12H,4-7,11,13H2,1-3H3,(H3,17,18,19);1H. The molecule has 3 N–H and O–H groups in total. The molecular formula is C16H29IN4. The Hall–Kier alpha value is -0.980. The van der Waals surface area contributed by atoms with Crippen LogP contribution in [0.2, 0.25) is 0 Å². The molecule has 0 unspecified atom stereocenters. The molecule has 0 atom stereocenters. The molecule has 0 heterocycles. The van der Waals surface area contributed by atoms with E-state index in [4.69, 9.17) is 5.73 Å². The topological polar surface area (TPSA) is 53.6 Å². The van der Waals surface area contributed by atoms with Crippen LogP contribution >= 0.6 is 24.0 Å². The van der Waals surface area contributed by atoms with Crippen molar-refractivity contribution in [2.24, 2.45) is 10.7 Å². The first kappa shape index (κ1) is 20.0. The van der Waals surface area contributed by atoms with Gasteiger partial charge < -0.3 is 16.0 Å². The van der Waals surface area contributed by atoms with E-state index in [1.165, 1.54) is 30.5 Å². The summed E-state index contributed by atoms with van der Waals surface area (Å²) in [5, 5.41) is 3.17. The molecule has 1 aromatic carbocycles. The number of halogens is 1. The molecule has 0 spiro atoms. The zero-order chi connectivity index (χ0) is 14.8. The zero-order valence-electron chi connectivity index (χ0n) is 13.4. The van der Waals surface area contributed by atoms with Crippen molar-refractivity contribution >= 4 is 35.6 Å². The van der Waals surface area contributed by atoms with E-state index in [2.05, 4.69) is 46.4 Å². The molecule has 0 aliphatic rings. The number of hydrogen-bond acceptors (Lipinski definition) is 2. The fraction of sp³-hybridized carbons (Fsp3) is 0.562. The Bertz CT molecular complexity index is 418. The van der Waals surface area contributed by atoms with Crippen molar-refractivity contribution in [1.29, 1.82) is 0 Å². The van der Waals surface area contributed by atoms with E-state index in [1.807, 2.05) is 14.1 Å². The number of nitrogens with zero attached hydrogens (tertiary/aromatic N) is 2. The summed E-state index contributed by atoms with van der Waals surface area (Å²) in [6.45, 7) is 3.74. The highest BCUT2D eigenvalue weighted by Crippen LogP contribution is 2.13. The summed E-state index contributed by atoms with van der Waals surface area (Å²) < 4.78 is 0. The summed E-state index contributed by atoms with van der Waals surface area (Å²) in [5.74, 6) is 0.539. The van der Waals surface area contributed by atoms with Crippen LogP contribution in [0.5, 0.6) is 0 Å². The molecule has 0 aliphatic heterocycles. The second-order valence-electron chi connectivity index (χ2n) is 5.25. The third kappa shape index (κ3) is 8.80. The lowest BCUT2D eigenvalue weighted by atomic mass is 10.2. The average Bonchev–Trinajstić information content (AvgIpc) is 2.45. The van der Waals surface area contributed by atoms with Gasteiger partial charge in [0.1, 0.15) is 0 Å². The summed E-state index contributed by atoms with van der Waals surface area (Å²) in [7, 11) is 4.07. The van der Waals surface area contributed by atoms with Gasteiger partial charge in [0.05, 0.1) is 6.54 Å². The monoisotopic (exact) mass is 404 g/mol. The molecule has 0 saturated heterocycles. The predicted octanol–water partition coefficient (Wildman–Crippen LogP) is 3.36. The largest absolute Gasteiger partial charge is 0.378 e. The van der Waals surface area contributed by atoms with E-state index in [0.717, 1.165) is 13.0 Å². The number of benzene rings is 1. The number of unbranched alkanes of at least 4 members (excludes halogenated alkanes) is 3. The minimum atomic E-state index is 0. The maximum Gasteiger partial charge on any atom is 0.188 e. The minimum Gasteiger partial charge on any atom is -0.378 e. The molecule has 0 fully saturated rings. The fourth-order valence-corrected chi connectivity index (χ4v) is 1.93. The van der Waals surface area contributed by atoms with Gasteiger partial charge in [-0.05, 0) is 24.1 Å². The smallest absolute Gasteiger partial charge is 0.188 e. The number of nitrogens with two attached hydrogens (primary N) is 1.